The molecule has 96 valence electrons. The van der Waals surface area contributed by atoms with Crippen LogP contribution in [-0.2, 0) is 21.6 Å². The van der Waals surface area contributed by atoms with Gasteiger partial charge in [0.05, 0.1) is 17.1 Å². The second-order valence-corrected chi connectivity index (χ2v) is 6.00. The lowest BCUT2D eigenvalue weighted by Gasteiger charge is -2.04. The lowest BCUT2D eigenvalue weighted by molar-refractivity contribution is 0.0518. The second-order valence-electron chi connectivity index (χ2n) is 3.74. The third kappa shape index (κ3) is 3.45. The van der Waals surface area contributed by atoms with Gasteiger partial charge in [0.15, 0.2) is 15.5 Å². The van der Waals surface area contributed by atoms with Crippen molar-refractivity contribution in [2.45, 2.75) is 6.92 Å². The number of ether oxygens (including phenoxy) is 1. The van der Waals surface area contributed by atoms with E-state index in [0.717, 1.165) is 6.26 Å². The number of hydrogen-bond donors (Lipinski definition) is 1. The molecule has 0 fully saturated rings. The standard InChI is InChI=1S/C9H15N3O4S/c1-6-7(10)8(12(2)11-6)9(13)16-4-5-17(3,14)15/h4-5,10H2,1-3H3. The van der Waals surface area contributed by atoms with Crippen LogP contribution >= 0.6 is 0 Å². The van der Waals surface area contributed by atoms with Crippen molar-refractivity contribution in [3.63, 3.8) is 0 Å². The van der Waals surface area contributed by atoms with Gasteiger partial charge in [-0.1, -0.05) is 0 Å². The Morgan fingerprint density at radius 3 is 2.53 bits per heavy atom. The summed E-state index contributed by atoms with van der Waals surface area (Å²) >= 11 is 0. The molecule has 0 amide bonds. The summed E-state index contributed by atoms with van der Waals surface area (Å²) in [6, 6.07) is 0. The Labute approximate surface area is 99.5 Å². The van der Waals surface area contributed by atoms with Crippen LogP contribution in [0.1, 0.15) is 16.2 Å². The Kier molecular flexibility index (Phi) is 3.76. The van der Waals surface area contributed by atoms with Gasteiger partial charge >= 0.3 is 5.97 Å². The minimum atomic E-state index is -3.15. The number of aromatic nitrogens is 2. The van der Waals surface area contributed by atoms with Crippen molar-refractivity contribution in [1.82, 2.24) is 9.78 Å². The zero-order valence-electron chi connectivity index (χ0n) is 9.93. The third-order valence-corrected chi connectivity index (χ3v) is 3.06. The number of carbonyl (C=O) groups excluding carboxylic acids is 1. The van der Waals surface area contributed by atoms with Gasteiger partial charge in [-0.15, -0.1) is 0 Å². The fourth-order valence-electron chi connectivity index (χ4n) is 1.27. The number of nitrogen functional groups attached to an aromatic ring is 1. The number of nitrogens with two attached hydrogens (primary N) is 1. The van der Waals surface area contributed by atoms with Gasteiger partial charge in [0.2, 0.25) is 0 Å². The van der Waals surface area contributed by atoms with Gasteiger partial charge < -0.3 is 10.5 Å². The Hall–Kier alpha value is -1.57. The van der Waals surface area contributed by atoms with Crippen molar-refractivity contribution >= 4 is 21.5 Å². The van der Waals surface area contributed by atoms with Crippen molar-refractivity contribution < 1.29 is 17.9 Å². The van der Waals surface area contributed by atoms with Crippen molar-refractivity contribution in [1.29, 1.82) is 0 Å². The molecule has 0 spiro atoms. The highest BCUT2D eigenvalue weighted by Crippen LogP contribution is 2.16. The van der Waals surface area contributed by atoms with Gasteiger partial charge in [-0.3, -0.25) is 4.68 Å². The van der Waals surface area contributed by atoms with Gasteiger partial charge in [0, 0.05) is 13.3 Å². The van der Waals surface area contributed by atoms with E-state index in [0.29, 0.717) is 5.69 Å². The lowest BCUT2D eigenvalue weighted by Crippen LogP contribution is -2.17. The number of hydrogen-bond acceptors (Lipinski definition) is 6. The molecule has 0 atom stereocenters. The summed E-state index contributed by atoms with van der Waals surface area (Å²) < 4.78 is 27.8. The maximum Gasteiger partial charge on any atom is 0.358 e. The maximum atomic E-state index is 11.6. The molecule has 0 aliphatic heterocycles. The van der Waals surface area contributed by atoms with Crippen LogP contribution in [0.3, 0.4) is 0 Å². The van der Waals surface area contributed by atoms with Crippen LogP contribution in [0.15, 0.2) is 0 Å². The highest BCUT2D eigenvalue weighted by atomic mass is 32.2. The first-order chi connectivity index (χ1) is 7.72. The van der Waals surface area contributed by atoms with Crippen LogP contribution in [0.2, 0.25) is 0 Å². The van der Waals surface area contributed by atoms with Crippen LogP contribution in [0, 0.1) is 6.92 Å². The van der Waals surface area contributed by atoms with E-state index in [-0.39, 0.29) is 23.7 Å². The van der Waals surface area contributed by atoms with E-state index in [1.54, 1.807) is 14.0 Å². The molecule has 0 radical (unpaired) electrons. The Bertz CT molecular complexity index is 533. The molecule has 0 saturated heterocycles. The number of carbonyl (C=O) groups is 1. The molecule has 1 aromatic rings. The van der Waals surface area contributed by atoms with Gasteiger partial charge in [0.25, 0.3) is 0 Å². The molecule has 2 N–H and O–H groups in total. The molecule has 1 rings (SSSR count). The zero-order valence-corrected chi connectivity index (χ0v) is 10.7. The first-order valence-corrected chi connectivity index (χ1v) is 6.92. The smallest absolute Gasteiger partial charge is 0.358 e. The monoisotopic (exact) mass is 261 g/mol. The molecular weight excluding hydrogens is 246 g/mol. The molecule has 0 unspecified atom stereocenters. The zero-order chi connectivity index (χ0) is 13.2. The lowest BCUT2D eigenvalue weighted by atomic mass is 10.3. The van der Waals surface area contributed by atoms with E-state index >= 15 is 0 Å². The van der Waals surface area contributed by atoms with Crippen LogP contribution in [-0.4, -0.2) is 42.8 Å². The molecule has 1 aromatic heterocycles. The van der Waals surface area contributed by atoms with Gasteiger partial charge in [-0.2, -0.15) is 5.10 Å². The maximum absolute atomic E-state index is 11.6. The first-order valence-electron chi connectivity index (χ1n) is 4.86. The van der Waals surface area contributed by atoms with E-state index < -0.39 is 15.8 Å². The molecule has 17 heavy (non-hydrogen) atoms. The molecule has 8 heteroatoms. The summed E-state index contributed by atoms with van der Waals surface area (Å²) in [5.74, 6) is -0.885. The average Bonchev–Trinajstić information content (AvgIpc) is 2.38. The van der Waals surface area contributed by atoms with Gasteiger partial charge in [-0.25, -0.2) is 13.2 Å². The van der Waals surface area contributed by atoms with Crippen molar-refractivity contribution in [3.8, 4) is 0 Å². The van der Waals surface area contributed by atoms with E-state index in [1.165, 1.54) is 4.68 Å². The number of nitrogens with zero attached hydrogens (tertiary/aromatic N) is 2. The van der Waals surface area contributed by atoms with Crippen LogP contribution in [0.4, 0.5) is 5.69 Å². The van der Waals surface area contributed by atoms with Crippen LogP contribution in [0.25, 0.3) is 0 Å². The SMILES string of the molecule is Cc1nn(C)c(C(=O)OCCS(C)(=O)=O)c1N. The molecule has 0 bridgehead atoms. The highest BCUT2D eigenvalue weighted by Gasteiger charge is 2.19. The summed E-state index contributed by atoms with van der Waals surface area (Å²) in [4.78, 5) is 11.6. The number of esters is 1. The predicted octanol–water partition coefficient (Wildman–Crippen LogP) is -0.488. The van der Waals surface area contributed by atoms with E-state index in [4.69, 9.17) is 10.5 Å². The van der Waals surface area contributed by atoms with Crippen LogP contribution in [0.5, 0.6) is 0 Å². The first kappa shape index (κ1) is 13.5. The highest BCUT2D eigenvalue weighted by molar-refractivity contribution is 7.90. The van der Waals surface area contributed by atoms with Crippen LogP contribution < -0.4 is 5.73 Å². The van der Waals surface area contributed by atoms with E-state index in [1.807, 2.05) is 0 Å². The van der Waals surface area contributed by atoms with Gasteiger partial charge in [-0.05, 0) is 6.92 Å². The topological polar surface area (TPSA) is 104 Å². The largest absolute Gasteiger partial charge is 0.460 e. The van der Waals surface area contributed by atoms with Crippen molar-refractivity contribution in [2.24, 2.45) is 7.05 Å². The summed E-state index contributed by atoms with van der Waals surface area (Å²) in [7, 11) is -1.58. The average molecular weight is 261 g/mol. The van der Waals surface area contributed by atoms with Gasteiger partial charge in [0.1, 0.15) is 6.61 Å². The second kappa shape index (κ2) is 4.74. The summed E-state index contributed by atoms with van der Waals surface area (Å²) in [5.41, 5.74) is 6.57. The minimum Gasteiger partial charge on any atom is -0.460 e. The quantitative estimate of drug-likeness (QED) is 0.733. The molecule has 0 aromatic carbocycles. The summed E-state index contributed by atoms with van der Waals surface area (Å²) in [6.07, 6.45) is 1.07. The molecule has 0 aliphatic carbocycles. The fraction of sp³-hybridized carbons (Fsp3) is 0.556. The van der Waals surface area contributed by atoms with Crippen molar-refractivity contribution in [3.05, 3.63) is 11.4 Å². The molecule has 1 heterocycles. The number of rotatable bonds is 4. The number of aryl methyl sites for hydroxylation is 2. The third-order valence-electron chi connectivity index (χ3n) is 2.15. The molecule has 0 aliphatic rings. The molecule has 0 saturated carbocycles. The van der Waals surface area contributed by atoms with E-state index in [9.17, 15) is 13.2 Å². The molecular formula is C9H15N3O4S. The fourth-order valence-corrected chi connectivity index (χ4v) is 1.66. The Morgan fingerprint density at radius 1 is 1.53 bits per heavy atom. The number of anilines is 1. The number of sulfone groups is 1. The normalized spacial score (nSPS) is 11.5. The Morgan fingerprint density at radius 2 is 2.12 bits per heavy atom. The minimum absolute atomic E-state index is 0.135. The van der Waals surface area contributed by atoms with E-state index in [2.05, 4.69) is 5.10 Å². The predicted molar refractivity (Wildman–Crippen MR) is 62.4 cm³/mol. The Balaban J connectivity index is 2.71. The molecule has 7 nitrogen and oxygen atoms in total. The summed E-state index contributed by atoms with van der Waals surface area (Å²) in [6.45, 7) is 1.48. The summed E-state index contributed by atoms with van der Waals surface area (Å²) in [5, 5.41) is 3.96. The van der Waals surface area contributed by atoms with Crippen molar-refractivity contribution in [2.75, 3.05) is 24.3 Å².